The molecule has 0 radical (unpaired) electrons. The van der Waals surface area contributed by atoms with Crippen LogP contribution in [-0.2, 0) is 11.3 Å². The van der Waals surface area contributed by atoms with Gasteiger partial charge in [-0.15, -0.1) is 0 Å². The zero-order chi connectivity index (χ0) is 17.8. The number of carbonyl (C=O) groups is 2. The van der Waals surface area contributed by atoms with E-state index in [0.717, 1.165) is 37.4 Å². The number of methoxy groups -OCH3 is 1. The fraction of sp³-hybridized carbons (Fsp3) is 0.444. The van der Waals surface area contributed by atoms with Crippen LogP contribution in [0, 0.1) is 6.92 Å². The summed E-state index contributed by atoms with van der Waals surface area (Å²) >= 11 is 1.54. The number of carbonyl (C=O) groups excluding carboxylic acids is 2. The first kappa shape index (κ1) is 17.7. The molecule has 0 aliphatic carbocycles. The molecule has 0 spiro atoms. The topological polar surface area (TPSA) is 63.0 Å². The number of hydrogen-bond donors (Lipinski definition) is 0. The van der Waals surface area contributed by atoms with Crippen LogP contribution in [0.2, 0.25) is 0 Å². The maximum atomic E-state index is 12.5. The van der Waals surface area contributed by atoms with E-state index < -0.39 is 0 Å². The highest BCUT2D eigenvalue weighted by Gasteiger charge is 2.22. The standard InChI is InChI=1S/C18H22N2O4S/c1-13-16(18(22)23-2)10-15(24-13)11-19-5-3-6-20(8-7-19)17(21)14-4-9-25-12-14/h4,9-10,12H,3,5-8,11H2,1-2H3. The highest BCUT2D eigenvalue weighted by atomic mass is 32.1. The lowest BCUT2D eigenvalue weighted by atomic mass is 10.2. The highest BCUT2D eigenvalue weighted by Crippen LogP contribution is 2.19. The summed E-state index contributed by atoms with van der Waals surface area (Å²) < 4.78 is 10.5. The van der Waals surface area contributed by atoms with Gasteiger partial charge in [0.05, 0.1) is 19.2 Å². The third-order valence-corrected chi connectivity index (χ3v) is 5.08. The van der Waals surface area contributed by atoms with Gasteiger partial charge in [-0.3, -0.25) is 9.69 Å². The van der Waals surface area contributed by atoms with E-state index in [-0.39, 0.29) is 11.9 Å². The first-order valence-corrected chi connectivity index (χ1v) is 9.24. The monoisotopic (exact) mass is 362 g/mol. The fourth-order valence-corrected chi connectivity index (χ4v) is 3.69. The number of esters is 1. The molecule has 25 heavy (non-hydrogen) atoms. The number of aryl methyl sites for hydroxylation is 1. The Morgan fingerprint density at radius 3 is 2.84 bits per heavy atom. The second-order valence-electron chi connectivity index (χ2n) is 6.11. The average Bonchev–Trinajstić information content (AvgIpc) is 3.20. The number of nitrogens with zero attached hydrogens (tertiary/aromatic N) is 2. The van der Waals surface area contributed by atoms with Gasteiger partial charge in [-0.2, -0.15) is 11.3 Å². The normalized spacial score (nSPS) is 15.8. The van der Waals surface area contributed by atoms with Gasteiger partial charge in [0.1, 0.15) is 17.1 Å². The number of furan rings is 1. The predicted octanol–water partition coefficient (Wildman–Crippen LogP) is 2.78. The van der Waals surface area contributed by atoms with Gasteiger partial charge in [-0.1, -0.05) is 0 Å². The summed E-state index contributed by atoms with van der Waals surface area (Å²) in [4.78, 5) is 28.3. The minimum Gasteiger partial charge on any atom is -0.465 e. The first-order valence-electron chi connectivity index (χ1n) is 8.30. The van der Waals surface area contributed by atoms with Crippen molar-refractivity contribution in [1.29, 1.82) is 0 Å². The van der Waals surface area contributed by atoms with Crippen LogP contribution in [0.1, 0.15) is 38.7 Å². The van der Waals surface area contributed by atoms with Crippen molar-refractivity contribution in [3.63, 3.8) is 0 Å². The molecule has 134 valence electrons. The molecule has 0 saturated carbocycles. The lowest BCUT2D eigenvalue weighted by Crippen LogP contribution is -2.34. The molecule has 0 unspecified atom stereocenters. The van der Waals surface area contributed by atoms with Crippen LogP contribution >= 0.6 is 11.3 Å². The molecule has 3 heterocycles. The highest BCUT2D eigenvalue weighted by molar-refractivity contribution is 7.08. The Kier molecular flexibility index (Phi) is 5.55. The maximum absolute atomic E-state index is 12.5. The van der Waals surface area contributed by atoms with Crippen LogP contribution in [0.25, 0.3) is 0 Å². The zero-order valence-corrected chi connectivity index (χ0v) is 15.3. The molecule has 0 aromatic carbocycles. The van der Waals surface area contributed by atoms with Crippen molar-refractivity contribution in [2.75, 3.05) is 33.3 Å². The number of rotatable bonds is 4. The van der Waals surface area contributed by atoms with Gasteiger partial charge in [0, 0.05) is 31.6 Å². The van der Waals surface area contributed by atoms with E-state index in [4.69, 9.17) is 9.15 Å². The van der Waals surface area contributed by atoms with E-state index in [1.165, 1.54) is 18.4 Å². The maximum Gasteiger partial charge on any atom is 0.341 e. The SMILES string of the molecule is COC(=O)c1cc(CN2CCCN(C(=O)c3ccsc3)CC2)oc1C. The molecule has 6 nitrogen and oxygen atoms in total. The molecule has 2 aromatic heterocycles. The zero-order valence-electron chi connectivity index (χ0n) is 14.5. The van der Waals surface area contributed by atoms with E-state index >= 15 is 0 Å². The second kappa shape index (κ2) is 7.84. The summed E-state index contributed by atoms with van der Waals surface area (Å²) in [6.45, 7) is 5.51. The van der Waals surface area contributed by atoms with Crippen molar-refractivity contribution >= 4 is 23.2 Å². The largest absolute Gasteiger partial charge is 0.465 e. The number of thiophene rings is 1. The molecule has 7 heteroatoms. The Balaban J connectivity index is 1.60. The molecule has 2 aromatic rings. The van der Waals surface area contributed by atoms with Crippen LogP contribution < -0.4 is 0 Å². The van der Waals surface area contributed by atoms with Crippen LogP contribution in [0.15, 0.2) is 27.3 Å². The van der Waals surface area contributed by atoms with E-state index in [0.29, 0.717) is 24.4 Å². The van der Waals surface area contributed by atoms with Crippen LogP contribution in [0.4, 0.5) is 0 Å². The molecule has 3 rings (SSSR count). The van der Waals surface area contributed by atoms with Gasteiger partial charge in [-0.25, -0.2) is 4.79 Å². The van der Waals surface area contributed by atoms with Gasteiger partial charge in [0.2, 0.25) is 0 Å². The van der Waals surface area contributed by atoms with Crippen molar-refractivity contribution < 1.29 is 18.7 Å². The summed E-state index contributed by atoms with van der Waals surface area (Å²) in [5.74, 6) is 1.04. The summed E-state index contributed by atoms with van der Waals surface area (Å²) in [5.41, 5.74) is 1.24. The van der Waals surface area contributed by atoms with E-state index in [9.17, 15) is 9.59 Å². The first-order chi connectivity index (χ1) is 12.1. The van der Waals surface area contributed by atoms with Crippen molar-refractivity contribution in [3.05, 3.63) is 45.5 Å². The lowest BCUT2D eigenvalue weighted by Gasteiger charge is -2.21. The van der Waals surface area contributed by atoms with E-state index in [1.54, 1.807) is 13.0 Å². The Morgan fingerprint density at radius 2 is 2.12 bits per heavy atom. The predicted molar refractivity (Wildman–Crippen MR) is 94.9 cm³/mol. The molecule has 1 fully saturated rings. The number of ether oxygens (including phenoxy) is 1. The smallest absolute Gasteiger partial charge is 0.341 e. The van der Waals surface area contributed by atoms with Crippen LogP contribution in [0.3, 0.4) is 0 Å². The molecule has 1 amide bonds. The summed E-state index contributed by atoms with van der Waals surface area (Å²) in [6, 6.07) is 3.62. The lowest BCUT2D eigenvalue weighted by molar-refractivity contribution is 0.0598. The van der Waals surface area contributed by atoms with Crippen LogP contribution in [0.5, 0.6) is 0 Å². The minimum absolute atomic E-state index is 0.102. The Morgan fingerprint density at radius 1 is 1.28 bits per heavy atom. The molecular weight excluding hydrogens is 340 g/mol. The van der Waals surface area contributed by atoms with Gasteiger partial charge in [-0.05, 0) is 30.9 Å². The van der Waals surface area contributed by atoms with Gasteiger partial charge in [0.25, 0.3) is 5.91 Å². The van der Waals surface area contributed by atoms with Crippen molar-refractivity contribution in [3.8, 4) is 0 Å². The Hall–Kier alpha value is -2.12. The third-order valence-electron chi connectivity index (χ3n) is 4.40. The molecule has 0 N–H and O–H groups in total. The number of hydrogen-bond acceptors (Lipinski definition) is 6. The fourth-order valence-electron chi connectivity index (χ4n) is 3.06. The summed E-state index contributed by atoms with van der Waals surface area (Å²) in [5, 5.41) is 3.82. The summed E-state index contributed by atoms with van der Waals surface area (Å²) in [7, 11) is 1.36. The van der Waals surface area contributed by atoms with Crippen molar-refractivity contribution in [2.24, 2.45) is 0 Å². The molecular formula is C18H22N2O4S. The molecule has 1 aliphatic heterocycles. The van der Waals surface area contributed by atoms with Crippen molar-refractivity contribution in [2.45, 2.75) is 19.9 Å². The van der Waals surface area contributed by atoms with E-state index in [2.05, 4.69) is 4.90 Å². The number of amides is 1. The Labute approximate surface area is 151 Å². The van der Waals surface area contributed by atoms with Gasteiger partial charge in [0.15, 0.2) is 0 Å². The van der Waals surface area contributed by atoms with Crippen LogP contribution in [-0.4, -0.2) is 55.0 Å². The second-order valence-corrected chi connectivity index (χ2v) is 6.89. The average molecular weight is 362 g/mol. The quantitative estimate of drug-likeness (QED) is 0.783. The molecule has 0 bridgehead atoms. The third kappa shape index (κ3) is 4.11. The molecule has 1 saturated heterocycles. The van der Waals surface area contributed by atoms with Gasteiger partial charge < -0.3 is 14.1 Å². The van der Waals surface area contributed by atoms with Crippen molar-refractivity contribution in [1.82, 2.24) is 9.80 Å². The molecule has 0 atom stereocenters. The minimum atomic E-state index is -0.379. The summed E-state index contributed by atoms with van der Waals surface area (Å²) in [6.07, 6.45) is 0.916. The van der Waals surface area contributed by atoms with Gasteiger partial charge >= 0.3 is 5.97 Å². The molecule has 1 aliphatic rings. The Bertz CT molecular complexity index is 738. The van der Waals surface area contributed by atoms with E-state index in [1.807, 2.05) is 21.7 Å².